The van der Waals surface area contributed by atoms with E-state index in [0.717, 1.165) is 30.1 Å². The minimum atomic E-state index is 0.725. The summed E-state index contributed by atoms with van der Waals surface area (Å²) in [6.45, 7) is 4.44. The van der Waals surface area contributed by atoms with Crippen molar-refractivity contribution in [2.75, 3.05) is 6.54 Å². The van der Waals surface area contributed by atoms with Gasteiger partial charge in [0.05, 0.1) is 0 Å². The van der Waals surface area contributed by atoms with Crippen molar-refractivity contribution in [3.8, 4) is 0 Å². The summed E-state index contributed by atoms with van der Waals surface area (Å²) in [6.07, 6.45) is 7.59. The standard InChI is InChI=1S/C17H23ClN2/c1-13-2-5-16(6-3-13)19-9-11-20-10-8-14-12-15(18)4-7-17(14)20/h4,7-8,10,12-13,16,19H,2-3,5-6,9,11H2,1H3. The molecule has 1 aromatic heterocycles. The molecule has 0 saturated heterocycles. The first-order valence-corrected chi connectivity index (χ1v) is 8.08. The van der Waals surface area contributed by atoms with Crippen molar-refractivity contribution in [1.29, 1.82) is 0 Å². The average Bonchev–Trinajstić information content (AvgIpc) is 2.83. The van der Waals surface area contributed by atoms with Gasteiger partial charge >= 0.3 is 0 Å². The molecule has 0 aliphatic heterocycles. The second kappa shape index (κ2) is 6.19. The molecule has 0 unspecified atom stereocenters. The van der Waals surface area contributed by atoms with Crippen molar-refractivity contribution >= 4 is 22.5 Å². The molecule has 108 valence electrons. The number of halogens is 1. The highest BCUT2D eigenvalue weighted by Crippen LogP contribution is 2.23. The van der Waals surface area contributed by atoms with Gasteiger partial charge in [0.15, 0.2) is 0 Å². The molecule has 2 nitrogen and oxygen atoms in total. The van der Waals surface area contributed by atoms with Crippen LogP contribution in [0.25, 0.3) is 10.9 Å². The van der Waals surface area contributed by atoms with E-state index in [1.54, 1.807) is 0 Å². The molecular formula is C17H23ClN2. The highest BCUT2D eigenvalue weighted by atomic mass is 35.5. The van der Waals surface area contributed by atoms with E-state index < -0.39 is 0 Å². The zero-order valence-electron chi connectivity index (χ0n) is 12.1. The van der Waals surface area contributed by atoms with Gasteiger partial charge in [0.2, 0.25) is 0 Å². The molecule has 3 heteroatoms. The largest absolute Gasteiger partial charge is 0.346 e. The van der Waals surface area contributed by atoms with Gasteiger partial charge in [-0.3, -0.25) is 0 Å². The molecule has 0 bridgehead atoms. The van der Waals surface area contributed by atoms with Crippen molar-refractivity contribution in [3.05, 3.63) is 35.5 Å². The summed E-state index contributed by atoms with van der Waals surface area (Å²) in [7, 11) is 0. The van der Waals surface area contributed by atoms with Crippen LogP contribution in [0.3, 0.4) is 0 Å². The minimum Gasteiger partial charge on any atom is -0.346 e. The highest BCUT2D eigenvalue weighted by Gasteiger charge is 2.17. The molecule has 0 spiro atoms. The Kier molecular flexibility index (Phi) is 4.32. The predicted molar refractivity (Wildman–Crippen MR) is 86.4 cm³/mol. The molecule has 0 amide bonds. The Balaban J connectivity index is 1.55. The first kappa shape index (κ1) is 14.0. The van der Waals surface area contributed by atoms with E-state index in [9.17, 15) is 0 Å². The lowest BCUT2D eigenvalue weighted by atomic mass is 9.87. The van der Waals surface area contributed by atoms with Gasteiger partial charge in [-0.1, -0.05) is 18.5 Å². The molecule has 1 aromatic carbocycles. The van der Waals surface area contributed by atoms with E-state index in [2.05, 4.69) is 35.1 Å². The Bertz CT molecular complexity index is 567. The summed E-state index contributed by atoms with van der Waals surface area (Å²) in [5, 5.41) is 5.75. The molecule has 1 heterocycles. The lowest BCUT2D eigenvalue weighted by Crippen LogP contribution is -2.34. The molecule has 1 aliphatic rings. The van der Waals surface area contributed by atoms with Crippen LogP contribution in [-0.2, 0) is 6.54 Å². The fourth-order valence-electron chi connectivity index (χ4n) is 3.22. The zero-order valence-corrected chi connectivity index (χ0v) is 12.9. The number of benzene rings is 1. The maximum atomic E-state index is 6.02. The van der Waals surface area contributed by atoms with Gasteiger partial charge in [-0.2, -0.15) is 0 Å². The van der Waals surface area contributed by atoms with Gasteiger partial charge in [0, 0.05) is 41.3 Å². The number of nitrogens with one attached hydrogen (secondary N) is 1. The van der Waals surface area contributed by atoms with Gasteiger partial charge in [-0.15, -0.1) is 0 Å². The van der Waals surface area contributed by atoms with Crippen LogP contribution >= 0.6 is 11.6 Å². The van der Waals surface area contributed by atoms with Crippen LogP contribution in [0.2, 0.25) is 5.02 Å². The summed E-state index contributed by atoms with van der Waals surface area (Å²) < 4.78 is 2.31. The second-order valence-corrected chi connectivity index (χ2v) is 6.56. The molecule has 3 rings (SSSR count). The number of hydrogen-bond acceptors (Lipinski definition) is 1. The van der Waals surface area contributed by atoms with E-state index in [0.29, 0.717) is 0 Å². The van der Waals surface area contributed by atoms with Crippen LogP contribution in [0.4, 0.5) is 0 Å². The Hall–Kier alpha value is -0.990. The normalized spacial score (nSPS) is 23.3. The molecule has 1 aliphatic carbocycles. The Morgan fingerprint density at radius 2 is 2.00 bits per heavy atom. The summed E-state index contributed by atoms with van der Waals surface area (Å²) >= 11 is 6.02. The van der Waals surface area contributed by atoms with E-state index >= 15 is 0 Å². The van der Waals surface area contributed by atoms with Gasteiger partial charge in [-0.25, -0.2) is 0 Å². The number of fused-ring (bicyclic) bond motifs is 1. The van der Waals surface area contributed by atoms with Crippen LogP contribution in [0.1, 0.15) is 32.6 Å². The van der Waals surface area contributed by atoms with Crippen LogP contribution in [0.5, 0.6) is 0 Å². The number of rotatable bonds is 4. The molecule has 20 heavy (non-hydrogen) atoms. The third-order valence-electron chi connectivity index (χ3n) is 4.53. The minimum absolute atomic E-state index is 0.725. The van der Waals surface area contributed by atoms with Crippen LogP contribution in [0, 0.1) is 5.92 Å². The van der Waals surface area contributed by atoms with Crippen molar-refractivity contribution in [3.63, 3.8) is 0 Å². The number of aromatic nitrogens is 1. The van der Waals surface area contributed by atoms with Crippen molar-refractivity contribution < 1.29 is 0 Å². The molecule has 2 aromatic rings. The highest BCUT2D eigenvalue weighted by molar-refractivity contribution is 6.31. The molecular weight excluding hydrogens is 268 g/mol. The Labute approximate surface area is 126 Å². The fourth-order valence-corrected chi connectivity index (χ4v) is 3.40. The van der Waals surface area contributed by atoms with Crippen LogP contribution in [0.15, 0.2) is 30.5 Å². The molecule has 0 radical (unpaired) electrons. The first-order chi connectivity index (χ1) is 9.72. The monoisotopic (exact) mass is 290 g/mol. The van der Waals surface area contributed by atoms with Gasteiger partial charge < -0.3 is 9.88 Å². The van der Waals surface area contributed by atoms with E-state index in [1.165, 1.54) is 36.6 Å². The maximum Gasteiger partial charge on any atom is 0.0481 e. The SMILES string of the molecule is CC1CCC(NCCn2ccc3cc(Cl)ccc32)CC1. The lowest BCUT2D eigenvalue weighted by molar-refractivity contribution is 0.305. The van der Waals surface area contributed by atoms with Crippen molar-refractivity contribution in [1.82, 2.24) is 9.88 Å². The smallest absolute Gasteiger partial charge is 0.0481 e. The topological polar surface area (TPSA) is 17.0 Å². The van der Waals surface area contributed by atoms with Crippen molar-refractivity contribution in [2.24, 2.45) is 5.92 Å². The van der Waals surface area contributed by atoms with E-state index in [-0.39, 0.29) is 0 Å². The zero-order chi connectivity index (χ0) is 13.9. The summed E-state index contributed by atoms with van der Waals surface area (Å²) in [5.41, 5.74) is 1.27. The fraction of sp³-hybridized carbons (Fsp3) is 0.529. The lowest BCUT2D eigenvalue weighted by Gasteiger charge is -2.27. The summed E-state index contributed by atoms with van der Waals surface area (Å²) in [5.74, 6) is 0.922. The van der Waals surface area contributed by atoms with E-state index in [1.807, 2.05) is 12.1 Å². The van der Waals surface area contributed by atoms with Crippen molar-refractivity contribution in [2.45, 2.75) is 45.2 Å². The Morgan fingerprint density at radius 3 is 2.80 bits per heavy atom. The summed E-state index contributed by atoms with van der Waals surface area (Å²) in [6, 6.07) is 8.98. The predicted octanol–water partition coefficient (Wildman–Crippen LogP) is 4.46. The third kappa shape index (κ3) is 3.18. The third-order valence-corrected chi connectivity index (χ3v) is 4.77. The van der Waals surface area contributed by atoms with Gasteiger partial charge in [0.25, 0.3) is 0 Å². The molecule has 1 fully saturated rings. The number of hydrogen-bond donors (Lipinski definition) is 1. The average molecular weight is 291 g/mol. The molecule has 1 N–H and O–H groups in total. The van der Waals surface area contributed by atoms with Gasteiger partial charge in [-0.05, 0) is 55.9 Å². The molecule has 1 saturated carbocycles. The first-order valence-electron chi connectivity index (χ1n) is 7.70. The van der Waals surface area contributed by atoms with Crippen LogP contribution < -0.4 is 5.32 Å². The molecule has 0 atom stereocenters. The van der Waals surface area contributed by atoms with Gasteiger partial charge in [0.1, 0.15) is 0 Å². The van der Waals surface area contributed by atoms with Crippen LogP contribution in [-0.4, -0.2) is 17.2 Å². The number of nitrogens with zero attached hydrogens (tertiary/aromatic N) is 1. The maximum absolute atomic E-state index is 6.02. The quantitative estimate of drug-likeness (QED) is 0.879. The second-order valence-electron chi connectivity index (χ2n) is 6.12. The summed E-state index contributed by atoms with van der Waals surface area (Å²) in [4.78, 5) is 0. The van der Waals surface area contributed by atoms with E-state index in [4.69, 9.17) is 11.6 Å². The Morgan fingerprint density at radius 1 is 1.20 bits per heavy atom.